The summed E-state index contributed by atoms with van der Waals surface area (Å²) in [6.45, 7) is 3.97. The van der Waals surface area contributed by atoms with Crippen molar-refractivity contribution in [1.29, 1.82) is 0 Å². The lowest BCUT2D eigenvalue weighted by atomic mass is 9.96. The van der Waals surface area contributed by atoms with Gasteiger partial charge in [0.1, 0.15) is 0 Å². The van der Waals surface area contributed by atoms with Crippen molar-refractivity contribution in [2.24, 2.45) is 5.73 Å². The highest BCUT2D eigenvalue weighted by molar-refractivity contribution is 5.43. The summed E-state index contributed by atoms with van der Waals surface area (Å²) in [6.07, 6.45) is 12.9. The van der Waals surface area contributed by atoms with Crippen molar-refractivity contribution in [3.05, 3.63) is 47.2 Å². The maximum atomic E-state index is 5.65. The van der Waals surface area contributed by atoms with Crippen molar-refractivity contribution < 1.29 is 0 Å². The van der Waals surface area contributed by atoms with Gasteiger partial charge in [-0.25, -0.2) is 0 Å². The first-order valence-electron chi connectivity index (χ1n) is 4.70. The minimum Gasteiger partial charge on any atom is -0.402 e. The molecule has 0 aromatic carbocycles. The molecule has 0 radical (unpaired) electrons. The average molecular weight is 175 g/mol. The second kappa shape index (κ2) is 4.70. The van der Waals surface area contributed by atoms with Crippen molar-refractivity contribution in [2.45, 2.75) is 26.7 Å². The SMILES string of the molecule is C/C=C(\C=C(/C)N)C1=CC=CCC1. The molecule has 1 aliphatic rings. The molecule has 0 aromatic rings. The van der Waals surface area contributed by atoms with E-state index in [0.717, 1.165) is 18.5 Å². The Balaban J connectivity index is 2.84. The van der Waals surface area contributed by atoms with Gasteiger partial charge in [0.25, 0.3) is 0 Å². The van der Waals surface area contributed by atoms with E-state index in [1.165, 1.54) is 11.1 Å². The van der Waals surface area contributed by atoms with Gasteiger partial charge in [0.2, 0.25) is 0 Å². The van der Waals surface area contributed by atoms with Gasteiger partial charge in [-0.3, -0.25) is 0 Å². The number of allylic oxidation sites excluding steroid dienone is 8. The van der Waals surface area contributed by atoms with Crippen LogP contribution in [0.1, 0.15) is 26.7 Å². The molecule has 1 heteroatoms. The van der Waals surface area contributed by atoms with E-state index in [-0.39, 0.29) is 0 Å². The number of nitrogens with two attached hydrogens (primary N) is 1. The van der Waals surface area contributed by atoms with Crippen molar-refractivity contribution in [3.8, 4) is 0 Å². The zero-order chi connectivity index (χ0) is 9.68. The molecule has 0 saturated carbocycles. The van der Waals surface area contributed by atoms with E-state index in [2.05, 4.69) is 24.3 Å². The Labute approximate surface area is 80.3 Å². The van der Waals surface area contributed by atoms with Crippen LogP contribution in [0.2, 0.25) is 0 Å². The molecular weight excluding hydrogens is 158 g/mol. The van der Waals surface area contributed by atoms with Gasteiger partial charge in [-0.1, -0.05) is 24.3 Å². The highest BCUT2D eigenvalue weighted by Gasteiger charge is 2.02. The Morgan fingerprint density at radius 1 is 1.54 bits per heavy atom. The van der Waals surface area contributed by atoms with E-state index in [4.69, 9.17) is 5.73 Å². The van der Waals surface area contributed by atoms with Gasteiger partial charge in [-0.2, -0.15) is 0 Å². The molecule has 1 nitrogen and oxygen atoms in total. The summed E-state index contributed by atoms with van der Waals surface area (Å²) >= 11 is 0. The molecule has 70 valence electrons. The quantitative estimate of drug-likeness (QED) is 0.641. The van der Waals surface area contributed by atoms with Gasteiger partial charge in [0.15, 0.2) is 0 Å². The monoisotopic (exact) mass is 175 g/mol. The molecule has 1 rings (SSSR count). The van der Waals surface area contributed by atoms with Crippen molar-refractivity contribution >= 4 is 0 Å². The summed E-state index contributed by atoms with van der Waals surface area (Å²) in [7, 11) is 0. The van der Waals surface area contributed by atoms with Gasteiger partial charge in [-0.05, 0) is 43.9 Å². The smallest absolute Gasteiger partial charge is 0.00548 e. The second-order valence-electron chi connectivity index (χ2n) is 3.29. The third-order valence-corrected chi connectivity index (χ3v) is 2.08. The maximum Gasteiger partial charge on any atom is 0.00548 e. The molecule has 0 aromatic heterocycles. The number of hydrogen-bond acceptors (Lipinski definition) is 1. The van der Waals surface area contributed by atoms with Crippen LogP contribution in [0.4, 0.5) is 0 Å². The topological polar surface area (TPSA) is 26.0 Å². The number of rotatable bonds is 2. The van der Waals surface area contributed by atoms with Crippen LogP contribution in [0.15, 0.2) is 47.2 Å². The molecule has 0 heterocycles. The van der Waals surface area contributed by atoms with Crippen LogP contribution >= 0.6 is 0 Å². The fourth-order valence-electron chi connectivity index (χ4n) is 1.45. The third kappa shape index (κ3) is 2.94. The lowest BCUT2D eigenvalue weighted by molar-refractivity contribution is 0.975. The minimum atomic E-state index is 0.864. The maximum absolute atomic E-state index is 5.65. The Morgan fingerprint density at radius 2 is 2.31 bits per heavy atom. The molecule has 0 aliphatic heterocycles. The molecule has 0 unspecified atom stereocenters. The summed E-state index contributed by atoms with van der Waals surface area (Å²) in [6, 6.07) is 0. The summed E-state index contributed by atoms with van der Waals surface area (Å²) in [5.41, 5.74) is 9.15. The first kappa shape index (κ1) is 9.85. The van der Waals surface area contributed by atoms with Gasteiger partial charge in [-0.15, -0.1) is 0 Å². The molecule has 1 aliphatic carbocycles. The fourth-order valence-corrected chi connectivity index (χ4v) is 1.45. The summed E-state index contributed by atoms with van der Waals surface area (Å²) in [5.74, 6) is 0. The van der Waals surface area contributed by atoms with E-state index in [9.17, 15) is 0 Å². The van der Waals surface area contributed by atoms with Crippen LogP contribution in [-0.2, 0) is 0 Å². The summed E-state index contributed by atoms with van der Waals surface area (Å²) < 4.78 is 0. The molecular formula is C12H17N. The van der Waals surface area contributed by atoms with E-state index in [1.807, 2.05) is 19.9 Å². The minimum absolute atomic E-state index is 0.864. The fraction of sp³-hybridized carbons (Fsp3) is 0.333. The molecule has 0 amide bonds. The van der Waals surface area contributed by atoms with Crippen LogP contribution in [0, 0.1) is 0 Å². The second-order valence-corrected chi connectivity index (χ2v) is 3.29. The van der Waals surface area contributed by atoms with E-state index in [1.54, 1.807) is 0 Å². The molecule has 13 heavy (non-hydrogen) atoms. The first-order chi connectivity index (χ1) is 6.24. The molecule has 0 bridgehead atoms. The van der Waals surface area contributed by atoms with E-state index in [0.29, 0.717) is 0 Å². The third-order valence-electron chi connectivity index (χ3n) is 2.08. The highest BCUT2D eigenvalue weighted by atomic mass is 14.5. The number of hydrogen-bond donors (Lipinski definition) is 1. The summed E-state index contributed by atoms with van der Waals surface area (Å²) in [5, 5.41) is 0. The summed E-state index contributed by atoms with van der Waals surface area (Å²) in [4.78, 5) is 0. The molecule has 0 fully saturated rings. The van der Waals surface area contributed by atoms with E-state index < -0.39 is 0 Å². The molecule has 0 atom stereocenters. The zero-order valence-corrected chi connectivity index (χ0v) is 8.38. The van der Waals surface area contributed by atoms with Crippen LogP contribution in [0.25, 0.3) is 0 Å². The van der Waals surface area contributed by atoms with Crippen LogP contribution in [0.3, 0.4) is 0 Å². The highest BCUT2D eigenvalue weighted by Crippen LogP contribution is 2.21. The Hall–Kier alpha value is -1.24. The van der Waals surface area contributed by atoms with Crippen LogP contribution in [-0.4, -0.2) is 0 Å². The Bertz CT molecular complexity index is 286. The van der Waals surface area contributed by atoms with Crippen molar-refractivity contribution in [1.82, 2.24) is 0 Å². The predicted molar refractivity (Wildman–Crippen MR) is 58.2 cm³/mol. The zero-order valence-electron chi connectivity index (χ0n) is 8.38. The van der Waals surface area contributed by atoms with Crippen molar-refractivity contribution in [2.75, 3.05) is 0 Å². The van der Waals surface area contributed by atoms with Crippen molar-refractivity contribution in [3.63, 3.8) is 0 Å². The molecule has 2 N–H and O–H groups in total. The lowest BCUT2D eigenvalue weighted by Gasteiger charge is -2.10. The first-order valence-corrected chi connectivity index (χ1v) is 4.70. The Kier molecular flexibility index (Phi) is 3.56. The average Bonchev–Trinajstić information content (AvgIpc) is 2.15. The van der Waals surface area contributed by atoms with Gasteiger partial charge >= 0.3 is 0 Å². The molecule has 0 spiro atoms. The molecule has 0 saturated heterocycles. The normalized spacial score (nSPS) is 18.8. The van der Waals surface area contributed by atoms with Crippen LogP contribution < -0.4 is 5.73 Å². The van der Waals surface area contributed by atoms with Gasteiger partial charge in [0.05, 0.1) is 0 Å². The lowest BCUT2D eigenvalue weighted by Crippen LogP contribution is -1.95. The largest absolute Gasteiger partial charge is 0.402 e. The Morgan fingerprint density at radius 3 is 2.77 bits per heavy atom. The predicted octanol–water partition coefficient (Wildman–Crippen LogP) is 3.07. The van der Waals surface area contributed by atoms with Gasteiger partial charge in [0, 0.05) is 5.70 Å². The van der Waals surface area contributed by atoms with Crippen LogP contribution in [0.5, 0.6) is 0 Å². The standard InChI is InChI=1S/C12H17N/c1-3-11(9-10(2)13)12-7-5-4-6-8-12/h3-5,7,9H,6,8,13H2,1-2H3/b10-9+,11-3+. The van der Waals surface area contributed by atoms with Gasteiger partial charge < -0.3 is 5.73 Å². The van der Waals surface area contributed by atoms with E-state index >= 15 is 0 Å².